The molecule has 0 amide bonds. The Morgan fingerprint density at radius 1 is 1.30 bits per heavy atom. The Balaban J connectivity index is 2.84. The fourth-order valence-corrected chi connectivity index (χ4v) is 2.65. The highest BCUT2D eigenvalue weighted by Crippen LogP contribution is 2.33. The summed E-state index contributed by atoms with van der Waals surface area (Å²) in [6.07, 6.45) is 7.12. The average Bonchev–Trinajstić information content (AvgIpc) is 2.59. The van der Waals surface area contributed by atoms with Gasteiger partial charge in [0.15, 0.2) is 0 Å². The number of allylic oxidation sites excluding steroid dienone is 1. The number of nitrogens with one attached hydrogen (secondary N) is 1. The quantitative estimate of drug-likeness (QED) is 0.431. The Bertz CT molecular complexity index is 1030. The molecular formula is C19H16N2O6. The number of hydrogen-bond donors (Lipinski definition) is 4. The van der Waals surface area contributed by atoms with Crippen molar-refractivity contribution in [2.24, 2.45) is 0 Å². The molecule has 1 aromatic carbocycles. The molecule has 8 nitrogen and oxygen atoms in total. The third kappa shape index (κ3) is 3.82. The largest absolute Gasteiger partial charge is 0.481 e. The summed E-state index contributed by atoms with van der Waals surface area (Å²) in [6.45, 7) is 3.66. The molecule has 8 heteroatoms. The maximum absolute atomic E-state index is 12.1. The van der Waals surface area contributed by atoms with Crippen molar-refractivity contribution in [3.63, 3.8) is 0 Å². The molecule has 1 aromatic heterocycles. The zero-order valence-electron chi connectivity index (χ0n) is 14.1. The molecule has 0 saturated heterocycles. The molecule has 0 radical (unpaired) electrons. The molecule has 0 aliphatic carbocycles. The maximum Gasteiger partial charge on any atom is 0.342 e. The summed E-state index contributed by atoms with van der Waals surface area (Å²) < 4.78 is 5.42. The molecule has 0 atom stereocenters. The lowest BCUT2D eigenvalue weighted by Gasteiger charge is -2.15. The predicted molar refractivity (Wildman–Crippen MR) is 99.1 cm³/mol. The van der Waals surface area contributed by atoms with E-state index in [4.69, 9.17) is 16.9 Å². The topological polar surface area (TPSA) is 143 Å². The van der Waals surface area contributed by atoms with Crippen molar-refractivity contribution in [1.82, 2.24) is 4.98 Å². The van der Waals surface area contributed by atoms with Gasteiger partial charge in [0.25, 0.3) is 5.56 Å². The van der Waals surface area contributed by atoms with Gasteiger partial charge in [0, 0.05) is 5.56 Å². The highest BCUT2D eigenvalue weighted by atomic mass is 16.5. The molecule has 0 aliphatic rings. The van der Waals surface area contributed by atoms with Crippen LogP contribution in [-0.4, -0.2) is 33.7 Å². The third-order valence-corrected chi connectivity index (χ3v) is 3.70. The van der Waals surface area contributed by atoms with Crippen molar-refractivity contribution in [2.45, 2.75) is 6.42 Å². The van der Waals surface area contributed by atoms with Crippen LogP contribution in [-0.2, 0) is 6.42 Å². The maximum atomic E-state index is 12.1. The van der Waals surface area contributed by atoms with Crippen LogP contribution < -0.4 is 16.0 Å². The van der Waals surface area contributed by atoms with E-state index in [0.717, 1.165) is 0 Å². The molecule has 27 heavy (non-hydrogen) atoms. The van der Waals surface area contributed by atoms with E-state index in [1.54, 1.807) is 6.08 Å². The minimum Gasteiger partial charge on any atom is -0.481 e. The number of ether oxygens (including phenoxy) is 1. The number of benzene rings is 1. The van der Waals surface area contributed by atoms with Crippen LogP contribution in [0.25, 0.3) is 11.1 Å². The summed E-state index contributed by atoms with van der Waals surface area (Å²) in [4.78, 5) is 37.4. The first-order valence-electron chi connectivity index (χ1n) is 7.64. The monoisotopic (exact) mass is 368 g/mol. The molecule has 138 valence electrons. The average molecular weight is 368 g/mol. The fourth-order valence-electron chi connectivity index (χ4n) is 2.65. The number of hydrogen-bond acceptors (Lipinski definition) is 5. The summed E-state index contributed by atoms with van der Waals surface area (Å²) in [5.74, 6) is -0.727. The zero-order valence-corrected chi connectivity index (χ0v) is 14.1. The number of aromatic carboxylic acids is 2. The van der Waals surface area contributed by atoms with Gasteiger partial charge in [-0.2, -0.15) is 0 Å². The summed E-state index contributed by atoms with van der Waals surface area (Å²) in [6, 6.07) is 4.46. The Labute approximate surface area is 153 Å². The molecular weight excluding hydrogens is 352 g/mol. The summed E-state index contributed by atoms with van der Waals surface area (Å²) in [5.41, 5.74) is 3.89. The van der Waals surface area contributed by atoms with Crippen molar-refractivity contribution < 1.29 is 24.5 Å². The molecule has 0 unspecified atom stereocenters. The van der Waals surface area contributed by atoms with Gasteiger partial charge in [-0.15, -0.1) is 13.0 Å². The summed E-state index contributed by atoms with van der Waals surface area (Å²) in [5, 5.41) is 18.9. The van der Waals surface area contributed by atoms with Crippen LogP contribution in [0.3, 0.4) is 0 Å². The van der Waals surface area contributed by atoms with E-state index in [-0.39, 0.29) is 17.7 Å². The van der Waals surface area contributed by atoms with Crippen LogP contribution in [0.15, 0.2) is 35.6 Å². The molecule has 2 rings (SSSR count). The van der Waals surface area contributed by atoms with E-state index in [0.29, 0.717) is 17.7 Å². The first kappa shape index (κ1) is 19.3. The van der Waals surface area contributed by atoms with E-state index < -0.39 is 34.4 Å². The van der Waals surface area contributed by atoms with Crippen molar-refractivity contribution >= 4 is 17.8 Å². The molecule has 1 heterocycles. The van der Waals surface area contributed by atoms with Gasteiger partial charge in [-0.1, -0.05) is 18.1 Å². The van der Waals surface area contributed by atoms with Gasteiger partial charge < -0.3 is 25.7 Å². The SMILES string of the molecule is C#CCOc1ccc(-c2c(C(=O)O)c(N)[nH]c(=O)c2C(=O)O)cc1CC=C. The van der Waals surface area contributed by atoms with Gasteiger partial charge in [0.05, 0.1) is 0 Å². The van der Waals surface area contributed by atoms with Crippen LogP contribution >= 0.6 is 0 Å². The highest BCUT2D eigenvalue weighted by molar-refractivity contribution is 6.07. The number of terminal acetylenes is 1. The lowest BCUT2D eigenvalue weighted by molar-refractivity contribution is 0.0695. The Morgan fingerprint density at radius 2 is 1.96 bits per heavy atom. The number of H-pyrrole nitrogens is 1. The van der Waals surface area contributed by atoms with E-state index >= 15 is 0 Å². The van der Waals surface area contributed by atoms with Crippen molar-refractivity contribution in [1.29, 1.82) is 0 Å². The standard InChI is InChI=1S/C19H16N2O6/c1-3-5-10-9-11(6-7-12(10)27-8-4-2)13-14(18(23)24)16(20)21-17(22)15(13)19(25)26/h2-3,6-7,9H,1,5,8H2,(H,23,24)(H,25,26)(H3,20,21,22). The van der Waals surface area contributed by atoms with Gasteiger partial charge in [-0.3, -0.25) is 4.79 Å². The number of rotatable bonds is 7. The first-order chi connectivity index (χ1) is 12.8. The van der Waals surface area contributed by atoms with Crippen molar-refractivity contribution in [3.05, 3.63) is 57.9 Å². The van der Waals surface area contributed by atoms with E-state index in [9.17, 15) is 24.6 Å². The Kier molecular flexibility index (Phi) is 5.68. The Morgan fingerprint density at radius 3 is 2.52 bits per heavy atom. The van der Waals surface area contributed by atoms with E-state index in [1.807, 2.05) is 0 Å². The summed E-state index contributed by atoms with van der Waals surface area (Å²) >= 11 is 0. The van der Waals surface area contributed by atoms with Crippen LogP contribution in [0.1, 0.15) is 26.3 Å². The van der Waals surface area contributed by atoms with Gasteiger partial charge in [0.2, 0.25) is 0 Å². The van der Waals surface area contributed by atoms with E-state index in [2.05, 4.69) is 17.5 Å². The summed E-state index contributed by atoms with van der Waals surface area (Å²) in [7, 11) is 0. The second-order valence-corrected chi connectivity index (χ2v) is 5.41. The molecule has 0 aliphatic heterocycles. The van der Waals surface area contributed by atoms with E-state index in [1.165, 1.54) is 18.2 Å². The van der Waals surface area contributed by atoms with Crippen LogP contribution in [0.2, 0.25) is 0 Å². The highest BCUT2D eigenvalue weighted by Gasteiger charge is 2.26. The minimum absolute atomic E-state index is 0.0161. The molecule has 0 bridgehead atoms. The van der Waals surface area contributed by atoms with Crippen molar-refractivity contribution in [3.8, 4) is 29.2 Å². The lowest BCUT2D eigenvalue weighted by Crippen LogP contribution is -2.24. The number of pyridine rings is 1. The number of nitrogens with two attached hydrogens (primary N) is 1. The second kappa shape index (κ2) is 7.93. The third-order valence-electron chi connectivity index (χ3n) is 3.70. The normalized spacial score (nSPS) is 10.0. The number of aromatic nitrogens is 1. The fraction of sp³-hybridized carbons (Fsp3) is 0.105. The zero-order chi connectivity index (χ0) is 20.1. The number of carboxylic acid groups (broad SMARTS) is 2. The van der Waals surface area contributed by atoms with Gasteiger partial charge in [0.1, 0.15) is 29.3 Å². The molecule has 5 N–H and O–H groups in total. The number of anilines is 1. The molecule has 0 spiro atoms. The molecule has 0 fully saturated rings. The molecule has 2 aromatic rings. The van der Waals surface area contributed by atoms with Crippen molar-refractivity contribution in [2.75, 3.05) is 12.3 Å². The number of nitrogen functional groups attached to an aromatic ring is 1. The number of aromatic amines is 1. The lowest BCUT2D eigenvalue weighted by atomic mass is 9.93. The van der Waals surface area contributed by atoms with Crippen LogP contribution in [0.5, 0.6) is 5.75 Å². The van der Waals surface area contributed by atoms with Gasteiger partial charge >= 0.3 is 11.9 Å². The number of carboxylic acids is 2. The van der Waals surface area contributed by atoms with Crippen LogP contribution in [0, 0.1) is 12.3 Å². The predicted octanol–water partition coefficient (Wildman–Crippen LogP) is 1.76. The van der Waals surface area contributed by atoms with Crippen LogP contribution in [0.4, 0.5) is 5.82 Å². The second-order valence-electron chi connectivity index (χ2n) is 5.41. The number of carbonyl (C=O) groups is 2. The Hall–Kier alpha value is -3.99. The van der Waals surface area contributed by atoms with Gasteiger partial charge in [-0.05, 0) is 29.7 Å². The van der Waals surface area contributed by atoms with Gasteiger partial charge in [-0.25, -0.2) is 9.59 Å². The minimum atomic E-state index is -1.58. The molecule has 0 saturated carbocycles. The first-order valence-corrected chi connectivity index (χ1v) is 7.64. The smallest absolute Gasteiger partial charge is 0.342 e.